The van der Waals surface area contributed by atoms with Crippen LogP contribution >= 0.6 is 12.4 Å². The average molecular weight is 274 g/mol. The van der Waals surface area contributed by atoms with Gasteiger partial charge in [0.05, 0.1) is 18.6 Å². The molecule has 0 saturated heterocycles. The minimum atomic E-state index is -0.990. The lowest BCUT2D eigenvalue weighted by Gasteiger charge is -2.11. The molecule has 1 aromatic carbocycles. The summed E-state index contributed by atoms with van der Waals surface area (Å²) in [5, 5.41) is 8.72. The number of ether oxygens (including phenoxy) is 1. The van der Waals surface area contributed by atoms with Gasteiger partial charge < -0.3 is 15.6 Å². The molecule has 0 aliphatic carbocycles. The van der Waals surface area contributed by atoms with Crippen LogP contribution in [0.1, 0.15) is 35.3 Å². The number of rotatable bonds is 5. The van der Waals surface area contributed by atoms with Crippen LogP contribution in [0.2, 0.25) is 0 Å². The highest BCUT2D eigenvalue weighted by Crippen LogP contribution is 2.15. The summed E-state index contributed by atoms with van der Waals surface area (Å²) < 4.78 is 4.78. The lowest BCUT2D eigenvalue weighted by atomic mass is 10.0. The Bertz CT molecular complexity index is 405. The van der Waals surface area contributed by atoms with Crippen molar-refractivity contribution in [3.8, 4) is 0 Å². The van der Waals surface area contributed by atoms with E-state index in [-0.39, 0.29) is 30.4 Å². The SMILES string of the molecule is CCOC(=O)C[C@@H](N)c1ccc(C(=O)O)cc1.Cl. The molecule has 1 rings (SSSR count). The van der Waals surface area contributed by atoms with Gasteiger partial charge in [-0.05, 0) is 24.6 Å². The quantitative estimate of drug-likeness (QED) is 0.798. The summed E-state index contributed by atoms with van der Waals surface area (Å²) in [6.07, 6.45) is 0.0836. The van der Waals surface area contributed by atoms with Crippen LogP contribution in [0.25, 0.3) is 0 Å². The molecule has 6 heteroatoms. The zero-order valence-electron chi connectivity index (χ0n) is 9.96. The van der Waals surface area contributed by atoms with E-state index < -0.39 is 12.0 Å². The molecule has 3 N–H and O–H groups in total. The number of hydrogen-bond acceptors (Lipinski definition) is 4. The van der Waals surface area contributed by atoms with Gasteiger partial charge in [0.15, 0.2) is 0 Å². The Kier molecular flexibility index (Phi) is 7.00. The van der Waals surface area contributed by atoms with Crippen LogP contribution in [-0.2, 0) is 9.53 Å². The molecule has 0 aliphatic heterocycles. The molecule has 0 bridgehead atoms. The van der Waals surface area contributed by atoms with Crippen molar-refractivity contribution in [3.05, 3.63) is 35.4 Å². The Morgan fingerprint density at radius 2 is 1.89 bits per heavy atom. The number of aromatic carboxylic acids is 1. The van der Waals surface area contributed by atoms with Crippen molar-refractivity contribution in [2.24, 2.45) is 5.73 Å². The molecule has 0 saturated carbocycles. The van der Waals surface area contributed by atoms with Gasteiger partial charge in [-0.1, -0.05) is 12.1 Å². The molecule has 0 spiro atoms. The Morgan fingerprint density at radius 1 is 1.33 bits per heavy atom. The van der Waals surface area contributed by atoms with Crippen molar-refractivity contribution in [1.29, 1.82) is 0 Å². The van der Waals surface area contributed by atoms with Gasteiger partial charge in [-0.3, -0.25) is 4.79 Å². The standard InChI is InChI=1S/C12H15NO4.ClH/c1-2-17-11(14)7-10(13)8-3-5-9(6-4-8)12(15)16;/h3-6,10H,2,7,13H2,1H3,(H,15,16);1H/t10-;/m1./s1. The molecular formula is C12H16ClNO4. The maximum Gasteiger partial charge on any atom is 0.335 e. The summed E-state index contributed by atoms with van der Waals surface area (Å²) in [6.45, 7) is 2.05. The zero-order valence-corrected chi connectivity index (χ0v) is 10.8. The van der Waals surface area contributed by atoms with Crippen LogP contribution in [-0.4, -0.2) is 23.7 Å². The topological polar surface area (TPSA) is 89.6 Å². The van der Waals surface area contributed by atoms with Crippen molar-refractivity contribution < 1.29 is 19.4 Å². The second-order valence-corrected chi connectivity index (χ2v) is 3.54. The number of carboxylic acids is 1. The molecule has 0 aromatic heterocycles. The highest BCUT2D eigenvalue weighted by atomic mass is 35.5. The summed E-state index contributed by atoms with van der Waals surface area (Å²) in [5.41, 5.74) is 6.71. The monoisotopic (exact) mass is 273 g/mol. The van der Waals surface area contributed by atoms with Gasteiger partial charge in [0.1, 0.15) is 0 Å². The maximum absolute atomic E-state index is 11.2. The Labute approximate surface area is 111 Å². The largest absolute Gasteiger partial charge is 0.478 e. The van der Waals surface area contributed by atoms with Gasteiger partial charge in [0.2, 0.25) is 0 Å². The lowest BCUT2D eigenvalue weighted by Crippen LogP contribution is -2.17. The molecule has 1 aromatic rings. The lowest BCUT2D eigenvalue weighted by molar-refractivity contribution is -0.143. The number of carboxylic acid groups (broad SMARTS) is 1. The fourth-order valence-corrected chi connectivity index (χ4v) is 1.39. The van der Waals surface area contributed by atoms with Crippen molar-refractivity contribution in [1.82, 2.24) is 0 Å². The number of benzene rings is 1. The summed E-state index contributed by atoms with van der Waals surface area (Å²) in [6, 6.07) is 5.66. The first-order chi connectivity index (χ1) is 8.04. The summed E-state index contributed by atoms with van der Waals surface area (Å²) in [4.78, 5) is 21.8. The third-order valence-electron chi connectivity index (χ3n) is 2.28. The van der Waals surface area contributed by atoms with E-state index in [0.717, 1.165) is 0 Å². The van der Waals surface area contributed by atoms with E-state index in [0.29, 0.717) is 12.2 Å². The minimum Gasteiger partial charge on any atom is -0.478 e. The van der Waals surface area contributed by atoms with Crippen LogP contribution in [0.3, 0.4) is 0 Å². The first-order valence-electron chi connectivity index (χ1n) is 5.29. The molecule has 18 heavy (non-hydrogen) atoms. The van der Waals surface area contributed by atoms with E-state index in [9.17, 15) is 9.59 Å². The van der Waals surface area contributed by atoms with E-state index in [1.54, 1.807) is 19.1 Å². The van der Waals surface area contributed by atoms with E-state index in [1.807, 2.05) is 0 Å². The Balaban J connectivity index is 0.00000289. The van der Waals surface area contributed by atoms with Crippen molar-refractivity contribution >= 4 is 24.3 Å². The Morgan fingerprint density at radius 3 is 2.33 bits per heavy atom. The van der Waals surface area contributed by atoms with Crippen LogP contribution in [0.4, 0.5) is 0 Å². The number of carbonyl (C=O) groups is 2. The third-order valence-corrected chi connectivity index (χ3v) is 2.28. The van der Waals surface area contributed by atoms with E-state index in [2.05, 4.69) is 0 Å². The van der Waals surface area contributed by atoms with Crippen molar-refractivity contribution in [3.63, 3.8) is 0 Å². The van der Waals surface area contributed by atoms with Gasteiger partial charge in [0, 0.05) is 6.04 Å². The van der Waals surface area contributed by atoms with E-state index >= 15 is 0 Å². The molecule has 0 amide bonds. The predicted molar refractivity (Wildman–Crippen MR) is 68.8 cm³/mol. The van der Waals surface area contributed by atoms with Gasteiger partial charge in [0.25, 0.3) is 0 Å². The number of hydrogen-bond donors (Lipinski definition) is 2. The van der Waals surface area contributed by atoms with Crippen LogP contribution in [0.5, 0.6) is 0 Å². The van der Waals surface area contributed by atoms with Crippen LogP contribution in [0.15, 0.2) is 24.3 Å². The van der Waals surface area contributed by atoms with Crippen molar-refractivity contribution in [2.45, 2.75) is 19.4 Å². The van der Waals surface area contributed by atoms with Gasteiger partial charge >= 0.3 is 11.9 Å². The normalized spacial score (nSPS) is 11.2. The molecule has 0 radical (unpaired) electrons. The van der Waals surface area contributed by atoms with Gasteiger partial charge in [-0.2, -0.15) is 0 Å². The van der Waals surface area contributed by atoms with Crippen molar-refractivity contribution in [2.75, 3.05) is 6.61 Å². The molecule has 5 nitrogen and oxygen atoms in total. The second kappa shape index (κ2) is 7.68. The van der Waals surface area contributed by atoms with Gasteiger partial charge in [-0.25, -0.2) is 4.79 Å². The van der Waals surface area contributed by atoms with Crippen LogP contribution in [0, 0.1) is 0 Å². The molecule has 1 atom stereocenters. The maximum atomic E-state index is 11.2. The summed E-state index contributed by atoms with van der Waals surface area (Å²) in [7, 11) is 0. The first-order valence-corrected chi connectivity index (χ1v) is 5.29. The first kappa shape index (κ1) is 16.4. The number of halogens is 1. The molecule has 0 aliphatic rings. The molecule has 0 unspecified atom stereocenters. The fraction of sp³-hybridized carbons (Fsp3) is 0.333. The van der Waals surface area contributed by atoms with E-state index in [4.69, 9.17) is 15.6 Å². The highest BCUT2D eigenvalue weighted by molar-refractivity contribution is 5.87. The molecule has 100 valence electrons. The molecule has 0 heterocycles. The minimum absolute atomic E-state index is 0. The van der Waals surface area contributed by atoms with Gasteiger partial charge in [-0.15, -0.1) is 12.4 Å². The summed E-state index contributed by atoms with van der Waals surface area (Å²) >= 11 is 0. The smallest absolute Gasteiger partial charge is 0.335 e. The molecule has 0 fully saturated rings. The van der Waals surface area contributed by atoms with E-state index in [1.165, 1.54) is 12.1 Å². The number of esters is 1. The highest BCUT2D eigenvalue weighted by Gasteiger charge is 2.13. The zero-order chi connectivity index (χ0) is 12.8. The molecular weight excluding hydrogens is 258 g/mol. The average Bonchev–Trinajstić information content (AvgIpc) is 2.29. The van der Waals surface area contributed by atoms with Crippen LogP contribution < -0.4 is 5.73 Å². The Hall–Kier alpha value is -1.59. The number of nitrogens with two attached hydrogens (primary N) is 1. The fourth-order valence-electron chi connectivity index (χ4n) is 1.39. The predicted octanol–water partition coefficient (Wildman–Crippen LogP) is 1.76. The third kappa shape index (κ3) is 4.73. The summed E-state index contributed by atoms with van der Waals surface area (Å²) in [5.74, 6) is -1.35. The number of carbonyl (C=O) groups excluding carboxylic acids is 1. The second-order valence-electron chi connectivity index (χ2n) is 3.54.